The number of aromatic nitrogens is 2. The van der Waals surface area contributed by atoms with Crippen molar-refractivity contribution in [3.8, 4) is 11.5 Å². The van der Waals surface area contributed by atoms with Crippen LogP contribution in [0.3, 0.4) is 0 Å². The maximum absolute atomic E-state index is 5.89. The van der Waals surface area contributed by atoms with Crippen LogP contribution in [0.15, 0.2) is 18.2 Å². The molecule has 23 heavy (non-hydrogen) atoms. The Kier molecular flexibility index (Phi) is 4.57. The maximum Gasteiger partial charge on any atom is 0.165 e. The third-order valence-electron chi connectivity index (χ3n) is 4.45. The molecule has 1 aliphatic rings. The van der Waals surface area contributed by atoms with E-state index in [0.717, 1.165) is 35.7 Å². The molecule has 2 heterocycles. The lowest BCUT2D eigenvalue weighted by atomic mass is 10.1. The van der Waals surface area contributed by atoms with E-state index in [2.05, 4.69) is 37.3 Å². The van der Waals surface area contributed by atoms with Gasteiger partial charge in [0.15, 0.2) is 11.5 Å². The van der Waals surface area contributed by atoms with Crippen LogP contribution < -0.4 is 14.8 Å². The molecule has 1 aromatic carbocycles. The molecule has 0 amide bonds. The van der Waals surface area contributed by atoms with Crippen molar-refractivity contribution in [3.63, 3.8) is 0 Å². The van der Waals surface area contributed by atoms with Gasteiger partial charge in [0.1, 0.15) is 0 Å². The molecule has 0 radical (unpaired) electrons. The van der Waals surface area contributed by atoms with Crippen LogP contribution in [0.25, 0.3) is 0 Å². The van der Waals surface area contributed by atoms with Crippen LogP contribution in [0, 0.1) is 13.8 Å². The van der Waals surface area contributed by atoms with Gasteiger partial charge in [-0.1, -0.05) is 12.1 Å². The summed E-state index contributed by atoms with van der Waals surface area (Å²) in [6.07, 6.45) is 0.923. The lowest BCUT2D eigenvalue weighted by molar-refractivity contribution is 0.295. The Labute approximate surface area is 137 Å². The minimum Gasteiger partial charge on any atom is -0.490 e. The summed E-state index contributed by atoms with van der Waals surface area (Å²) in [4.78, 5) is 0. The lowest BCUT2D eigenvalue weighted by Gasteiger charge is -2.17. The van der Waals surface area contributed by atoms with Crippen molar-refractivity contribution >= 4 is 0 Å². The van der Waals surface area contributed by atoms with Gasteiger partial charge in [0.25, 0.3) is 0 Å². The fourth-order valence-electron chi connectivity index (χ4n) is 3.18. The Hall–Kier alpha value is -2.01. The average molecular weight is 315 g/mol. The summed E-state index contributed by atoms with van der Waals surface area (Å²) in [7, 11) is 1.99. The van der Waals surface area contributed by atoms with Crippen molar-refractivity contribution < 1.29 is 9.47 Å². The van der Waals surface area contributed by atoms with E-state index in [-0.39, 0.29) is 6.04 Å². The van der Waals surface area contributed by atoms with E-state index < -0.39 is 0 Å². The molecular formula is C18H25N3O2. The van der Waals surface area contributed by atoms with Crippen molar-refractivity contribution in [2.45, 2.75) is 39.8 Å². The SMILES string of the molecule is Cc1nn(C)c(C)c1[C@H](C)NCc1cccc2c1OCCCO2. The van der Waals surface area contributed by atoms with E-state index in [0.29, 0.717) is 13.2 Å². The standard InChI is InChI=1S/C18H25N3O2/c1-12(17-13(2)20-21(4)14(17)3)19-11-15-7-5-8-16-18(15)23-10-6-9-22-16/h5,7-8,12,19H,6,9-11H2,1-4H3/t12-/m0/s1. The fourth-order valence-corrected chi connectivity index (χ4v) is 3.18. The van der Waals surface area contributed by atoms with Crippen LogP contribution in [-0.2, 0) is 13.6 Å². The number of aryl methyl sites for hydroxylation is 2. The molecule has 124 valence electrons. The van der Waals surface area contributed by atoms with Gasteiger partial charge in [0, 0.05) is 42.9 Å². The summed E-state index contributed by atoms with van der Waals surface area (Å²) in [5.74, 6) is 1.73. The van der Waals surface area contributed by atoms with E-state index in [1.54, 1.807) is 0 Å². The first kappa shape index (κ1) is 15.9. The third-order valence-corrected chi connectivity index (χ3v) is 4.45. The zero-order valence-electron chi connectivity index (χ0n) is 14.3. The summed E-state index contributed by atoms with van der Waals surface area (Å²) < 4.78 is 13.6. The van der Waals surface area contributed by atoms with Crippen LogP contribution in [0.5, 0.6) is 11.5 Å². The van der Waals surface area contributed by atoms with Gasteiger partial charge in [-0.15, -0.1) is 0 Å². The minimum absolute atomic E-state index is 0.228. The van der Waals surface area contributed by atoms with Gasteiger partial charge in [0.05, 0.1) is 18.9 Å². The van der Waals surface area contributed by atoms with Gasteiger partial charge in [-0.2, -0.15) is 5.10 Å². The van der Waals surface area contributed by atoms with Crippen LogP contribution in [0.1, 0.15) is 41.9 Å². The summed E-state index contributed by atoms with van der Waals surface area (Å²) in [6.45, 7) is 8.51. The Balaban J connectivity index is 1.76. The van der Waals surface area contributed by atoms with Crippen molar-refractivity contribution in [3.05, 3.63) is 40.7 Å². The molecule has 2 aromatic rings. The number of para-hydroxylation sites is 1. The number of fused-ring (bicyclic) bond motifs is 1. The monoisotopic (exact) mass is 315 g/mol. The highest BCUT2D eigenvalue weighted by molar-refractivity contribution is 5.47. The van der Waals surface area contributed by atoms with Crippen molar-refractivity contribution in [2.75, 3.05) is 13.2 Å². The van der Waals surface area contributed by atoms with E-state index >= 15 is 0 Å². The number of hydrogen-bond acceptors (Lipinski definition) is 4. The topological polar surface area (TPSA) is 48.3 Å². The Bertz CT molecular complexity index is 694. The van der Waals surface area contributed by atoms with Crippen molar-refractivity contribution in [1.29, 1.82) is 0 Å². The minimum atomic E-state index is 0.228. The zero-order valence-corrected chi connectivity index (χ0v) is 14.3. The normalized spacial score (nSPS) is 15.3. The van der Waals surface area contributed by atoms with Gasteiger partial charge < -0.3 is 14.8 Å². The smallest absolute Gasteiger partial charge is 0.165 e. The summed E-state index contributed by atoms with van der Waals surface area (Å²) in [5, 5.41) is 8.09. The third kappa shape index (κ3) is 3.20. The number of rotatable bonds is 4. The predicted molar refractivity (Wildman–Crippen MR) is 90.0 cm³/mol. The second kappa shape index (κ2) is 6.62. The highest BCUT2D eigenvalue weighted by Crippen LogP contribution is 2.33. The largest absolute Gasteiger partial charge is 0.490 e. The summed E-state index contributed by atoms with van der Waals surface area (Å²) >= 11 is 0. The van der Waals surface area contributed by atoms with Gasteiger partial charge >= 0.3 is 0 Å². The first-order chi connectivity index (χ1) is 11.1. The van der Waals surface area contributed by atoms with Crippen LogP contribution >= 0.6 is 0 Å². The second-order valence-electron chi connectivity index (χ2n) is 6.11. The molecule has 1 aromatic heterocycles. The van der Waals surface area contributed by atoms with E-state index in [1.807, 2.05) is 23.9 Å². The fraction of sp³-hybridized carbons (Fsp3) is 0.500. The molecule has 0 spiro atoms. The average Bonchev–Trinajstić information content (AvgIpc) is 2.72. The van der Waals surface area contributed by atoms with Crippen LogP contribution in [0.2, 0.25) is 0 Å². The Morgan fingerprint density at radius 3 is 2.78 bits per heavy atom. The lowest BCUT2D eigenvalue weighted by Crippen LogP contribution is -2.20. The quantitative estimate of drug-likeness (QED) is 0.942. The molecule has 1 aliphatic heterocycles. The Morgan fingerprint density at radius 2 is 2.04 bits per heavy atom. The van der Waals surface area contributed by atoms with Crippen molar-refractivity contribution in [1.82, 2.24) is 15.1 Å². The zero-order chi connectivity index (χ0) is 16.4. The molecule has 3 rings (SSSR count). The molecule has 0 saturated carbocycles. The molecule has 1 N–H and O–H groups in total. The molecule has 0 unspecified atom stereocenters. The molecule has 5 heteroatoms. The van der Waals surface area contributed by atoms with Crippen molar-refractivity contribution in [2.24, 2.45) is 7.05 Å². The van der Waals surface area contributed by atoms with E-state index in [4.69, 9.17) is 9.47 Å². The van der Waals surface area contributed by atoms with Gasteiger partial charge in [-0.3, -0.25) is 4.68 Å². The number of nitrogens with one attached hydrogen (secondary N) is 1. The molecular weight excluding hydrogens is 290 g/mol. The second-order valence-corrected chi connectivity index (χ2v) is 6.11. The van der Waals surface area contributed by atoms with E-state index in [9.17, 15) is 0 Å². The summed E-state index contributed by atoms with van der Waals surface area (Å²) in [6, 6.07) is 6.32. The summed E-state index contributed by atoms with van der Waals surface area (Å²) in [5.41, 5.74) is 4.69. The number of nitrogens with zero attached hydrogens (tertiary/aromatic N) is 2. The van der Waals surface area contributed by atoms with E-state index in [1.165, 1.54) is 11.3 Å². The van der Waals surface area contributed by atoms with Gasteiger partial charge in [-0.05, 0) is 26.8 Å². The van der Waals surface area contributed by atoms with Crippen LogP contribution in [0.4, 0.5) is 0 Å². The Morgan fingerprint density at radius 1 is 1.26 bits per heavy atom. The molecule has 1 atom stereocenters. The molecule has 0 fully saturated rings. The molecule has 0 saturated heterocycles. The molecule has 0 aliphatic carbocycles. The molecule has 0 bridgehead atoms. The van der Waals surface area contributed by atoms with Gasteiger partial charge in [0.2, 0.25) is 0 Å². The van der Waals surface area contributed by atoms with Crippen LogP contribution in [-0.4, -0.2) is 23.0 Å². The molecule has 5 nitrogen and oxygen atoms in total. The number of benzene rings is 1. The maximum atomic E-state index is 5.89. The number of hydrogen-bond donors (Lipinski definition) is 1. The number of ether oxygens (including phenoxy) is 2. The first-order valence-corrected chi connectivity index (χ1v) is 8.19. The highest BCUT2D eigenvalue weighted by Gasteiger charge is 2.18. The first-order valence-electron chi connectivity index (χ1n) is 8.19. The predicted octanol–water partition coefficient (Wildman–Crippen LogP) is 3.05. The van der Waals surface area contributed by atoms with Gasteiger partial charge in [-0.25, -0.2) is 0 Å². The highest BCUT2D eigenvalue weighted by atomic mass is 16.5.